The quantitative estimate of drug-likeness (QED) is 0.720. The van der Waals surface area contributed by atoms with Gasteiger partial charge < -0.3 is 9.47 Å². The molecule has 0 aromatic carbocycles. The molecule has 3 heteroatoms. The van der Waals surface area contributed by atoms with Crippen LogP contribution in [0.2, 0.25) is 0 Å². The van der Waals surface area contributed by atoms with Crippen LogP contribution in [-0.4, -0.2) is 31.1 Å². The lowest BCUT2D eigenvalue weighted by atomic mass is 9.62. The summed E-state index contributed by atoms with van der Waals surface area (Å²) in [6.07, 6.45) is 4.52. The minimum Gasteiger partial charge on any atom is -0.378 e. The van der Waals surface area contributed by atoms with E-state index >= 15 is 0 Å². The third-order valence-corrected chi connectivity index (χ3v) is 5.21. The molecule has 2 heterocycles. The fourth-order valence-electron chi connectivity index (χ4n) is 4.17. The van der Waals surface area contributed by atoms with E-state index in [-0.39, 0.29) is 16.7 Å². The monoisotopic (exact) mass is 253 g/mol. The molecule has 3 aliphatic rings. The van der Waals surface area contributed by atoms with E-state index in [1.807, 2.05) is 0 Å². The molecular formula is C15H27NO2. The summed E-state index contributed by atoms with van der Waals surface area (Å²) in [5.74, 6) is 0. The van der Waals surface area contributed by atoms with Crippen LogP contribution in [0.5, 0.6) is 0 Å². The van der Waals surface area contributed by atoms with Crippen LogP contribution in [0, 0.1) is 10.8 Å². The smallest absolute Gasteiger partial charge is 0.121 e. The molecule has 0 radical (unpaired) electrons. The molecule has 104 valence electrons. The van der Waals surface area contributed by atoms with Crippen LogP contribution < -0.4 is 5.32 Å². The summed E-state index contributed by atoms with van der Waals surface area (Å²) in [6, 6.07) is 0. The summed E-state index contributed by atoms with van der Waals surface area (Å²) in [5, 5.41) is 3.67. The van der Waals surface area contributed by atoms with Crippen molar-refractivity contribution < 1.29 is 9.47 Å². The number of nitrogens with one attached hydrogen (secondary N) is 1. The first-order valence-corrected chi connectivity index (χ1v) is 7.31. The van der Waals surface area contributed by atoms with Crippen LogP contribution in [0.3, 0.4) is 0 Å². The van der Waals surface area contributed by atoms with Gasteiger partial charge in [-0.15, -0.1) is 0 Å². The molecule has 2 spiro atoms. The molecule has 3 rings (SSSR count). The first kappa shape index (κ1) is 12.9. The molecule has 1 atom stereocenters. The van der Waals surface area contributed by atoms with Crippen LogP contribution in [-0.2, 0) is 9.47 Å². The highest BCUT2D eigenvalue weighted by Gasteiger charge is 2.61. The van der Waals surface area contributed by atoms with Crippen molar-refractivity contribution in [2.75, 3.05) is 19.8 Å². The molecule has 1 unspecified atom stereocenters. The predicted octanol–water partition coefficient (Wildman–Crippen LogP) is 2.70. The summed E-state index contributed by atoms with van der Waals surface area (Å²) in [7, 11) is 0. The van der Waals surface area contributed by atoms with Crippen molar-refractivity contribution in [1.82, 2.24) is 5.32 Å². The molecule has 0 bridgehead atoms. The minimum absolute atomic E-state index is 0.0697. The summed E-state index contributed by atoms with van der Waals surface area (Å²) in [6.45, 7) is 12.0. The lowest BCUT2D eigenvalue weighted by Crippen LogP contribution is -2.74. The van der Waals surface area contributed by atoms with E-state index in [1.54, 1.807) is 0 Å². The zero-order valence-electron chi connectivity index (χ0n) is 12.3. The van der Waals surface area contributed by atoms with E-state index in [4.69, 9.17) is 9.47 Å². The molecule has 2 aliphatic heterocycles. The zero-order valence-corrected chi connectivity index (χ0v) is 12.3. The fourth-order valence-corrected chi connectivity index (χ4v) is 4.17. The van der Waals surface area contributed by atoms with Crippen LogP contribution in [0.4, 0.5) is 0 Å². The van der Waals surface area contributed by atoms with Gasteiger partial charge in [0.25, 0.3) is 0 Å². The number of rotatable bonds is 0. The van der Waals surface area contributed by atoms with Gasteiger partial charge in [0.2, 0.25) is 0 Å². The molecule has 0 aromatic rings. The second kappa shape index (κ2) is 3.71. The van der Waals surface area contributed by atoms with Crippen LogP contribution in [0.15, 0.2) is 0 Å². The molecule has 3 nitrogen and oxygen atoms in total. The highest BCUT2D eigenvalue weighted by atomic mass is 16.6. The average molecular weight is 253 g/mol. The first-order chi connectivity index (χ1) is 8.29. The maximum absolute atomic E-state index is 6.65. The van der Waals surface area contributed by atoms with Gasteiger partial charge in [-0.3, -0.25) is 5.32 Å². The Bertz CT molecular complexity index is 334. The minimum atomic E-state index is -0.0764. The number of ether oxygens (including phenoxy) is 2. The highest BCUT2D eigenvalue weighted by Crippen LogP contribution is 2.56. The van der Waals surface area contributed by atoms with Crippen LogP contribution in [0.1, 0.15) is 53.4 Å². The normalized spacial score (nSPS) is 40.7. The van der Waals surface area contributed by atoms with E-state index < -0.39 is 0 Å². The van der Waals surface area contributed by atoms with E-state index in [1.165, 1.54) is 0 Å². The molecule has 0 aromatic heterocycles. The first-order valence-electron chi connectivity index (χ1n) is 7.31. The second-order valence-electron chi connectivity index (χ2n) is 8.00. The Kier molecular flexibility index (Phi) is 2.66. The van der Waals surface area contributed by atoms with Gasteiger partial charge in [-0.1, -0.05) is 27.7 Å². The standard InChI is InChI=1S/C15H27NO2/c1-12(2)8-15(9-12)16-10-13(3,4)14(18-15)6-5-7-17-11-14/h16H,5-11H2,1-4H3. The maximum Gasteiger partial charge on any atom is 0.121 e. The molecular weight excluding hydrogens is 226 g/mol. The van der Waals surface area contributed by atoms with Crippen LogP contribution >= 0.6 is 0 Å². The topological polar surface area (TPSA) is 30.5 Å². The van der Waals surface area contributed by atoms with Crippen molar-refractivity contribution in [2.45, 2.75) is 64.7 Å². The molecule has 3 fully saturated rings. The van der Waals surface area contributed by atoms with Crippen molar-refractivity contribution in [3.8, 4) is 0 Å². The Balaban J connectivity index is 1.82. The van der Waals surface area contributed by atoms with Gasteiger partial charge in [-0.25, -0.2) is 0 Å². The Hall–Kier alpha value is -0.120. The summed E-state index contributed by atoms with van der Waals surface area (Å²) < 4.78 is 12.4. The highest BCUT2D eigenvalue weighted by molar-refractivity contribution is 5.10. The molecule has 1 aliphatic carbocycles. The van der Waals surface area contributed by atoms with E-state index in [9.17, 15) is 0 Å². The lowest BCUT2D eigenvalue weighted by Gasteiger charge is -2.64. The van der Waals surface area contributed by atoms with Gasteiger partial charge in [0.1, 0.15) is 11.3 Å². The second-order valence-corrected chi connectivity index (χ2v) is 8.00. The average Bonchev–Trinajstić information content (AvgIpc) is 2.23. The summed E-state index contributed by atoms with van der Waals surface area (Å²) in [4.78, 5) is 0. The largest absolute Gasteiger partial charge is 0.378 e. The van der Waals surface area contributed by atoms with Gasteiger partial charge >= 0.3 is 0 Å². The summed E-state index contributed by atoms with van der Waals surface area (Å²) >= 11 is 0. The van der Waals surface area contributed by atoms with E-state index in [0.717, 1.165) is 45.4 Å². The van der Waals surface area contributed by atoms with Crippen molar-refractivity contribution >= 4 is 0 Å². The zero-order chi connectivity index (χ0) is 13.1. The van der Waals surface area contributed by atoms with Crippen LogP contribution in [0.25, 0.3) is 0 Å². The molecule has 0 amide bonds. The van der Waals surface area contributed by atoms with E-state index in [0.29, 0.717) is 5.41 Å². The van der Waals surface area contributed by atoms with Gasteiger partial charge in [0.05, 0.1) is 6.61 Å². The van der Waals surface area contributed by atoms with Gasteiger partial charge in [0.15, 0.2) is 0 Å². The maximum atomic E-state index is 6.65. The SMILES string of the molecule is CC1(C)CC2(C1)NCC(C)(C)C1(CCCOC1)O2. The molecule has 1 N–H and O–H groups in total. The van der Waals surface area contributed by atoms with Crippen molar-refractivity contribution in [3.05, 3.63) is 0 Å². The van der Waals surface area contributed by atoms with Gasteiger partial charge in [-0.05, 0) is 31.1 Å². The predicted molar refractivity (Wildman–Crippen MR) is 71.4 cm³/mol. The Morgan fingerprint density at radius 1 is 1.06 bits per heavy atom. The summed E-state index contributed by atoms with van der Waals surface area (Å²) in [5.41, 5.74) is 0.427. The molecule has 1 saturated carbocycles. The fraction of sp³-hybridized carbons (Fsp3) is 1.00. The van der Waals surface area contributed by atoms with Crippen molar-refractivity contribution in [2.24, 2.45) is 10.8 Å². The Morgan fingerprint density at radius 2 is 1.78 bits per heavy atom. The van der Waals surface area contributed by atoms with Crippen molar-refractivity contribution in [1.29, 1.82) is 0 Å². The van der Waals surface area contributed by atoms with Gasteiger partial charge in [0, 0.05) is 18.6 Å². The Morgan fingerprint density at radius 3 is 2.33 bits per heavy atom. The third kappa shape index (κ3) is 1.83. The van der Waals surface area contributed by atoms with Gasteiger partial charge in [-0.2, -0.15) is 0 Å². The lowest BCUT2D eigenvalue weighted by molar-refractivity contribution is -0.322. The third-order valence-electron chi connectivity index (χ3n) is 5.21. The molecule has 18 heavy (non-hydrogen) atoms. The van der Waals surface area contributed by atoms with Crippen molar-refractivity contribution in [3.63, 3.8) is 0 Å². The van der Waals surface area contributed by atoms with E-state index in [2.05, 4.69) is 33.0 Å². The molecule has 2 saturated heterocycles. The number of hydrogen-bond acceptors (Lipinski definition) is 3. The Labute approximate surface area is 111 Å². The number of hydrogen-bond donors (Lipinski definition) is 1.